The third-order valence-corrected chi connectivity index (χ3v) is 6.80. The Morgan fingerprint density at radius 2 is 1.66 bits per heavy atom. The minimum absolute atomic E-state index is 0.129. The maximum atomic E-state index is 13.3. The minimum atomic E-state index is -0.993. The van der Waals surface area contributed by atoms with Gasteiger partial charge in [-0.2, -0.15) is 0 Å². The summed E-state index contributed by atoms with van der Waals surface area (Å²) in [5.74, 6) is -0.679. The van der Waals surface area contributed by atoms with Crippen LogP contribution < -0.4 is 10.6 Å². The van der Waals surface area contributed by atoms with Gasteiger partial charge in [-0.3, -0.25) is 19.8 Å². The molecule has 0 aromatic heterocycles. The molecule has 2 saturated heterocycles. The normalized spacial score (nSPS) is 22.4. The van der Waals surface area contributed by atoms with E-state index in [9.17, 15) is 14.4 Å². The maximum absolute atomic E-state index is 13.3. The van der Waals surface area contributed by atoms with E-state index >= 15 is 0 Å². The fraction of sp³-hybridized carbons (Fsp3) is 0.483. The van der Waals surface area contributed by atoms with E-state index in [-0.39, 0.29) is 25.1 Å². The van der Waals surface area contributed by atoms with Crippen LogP contribution in [0.25, 0.3) is 0 Å². The lowest BCUT2D eigenvalue weighted by molar-refractivity contribution is -0.152. The van der Waals surface area contributed by atoms with Crippen molar-refractivity contribution >= 4 is 18.0 Å². The molecular weight excluding hydrogens is 486 g/mol. The predicted molar refractivity (Wildman–Crippen MR) is 141 cm³/mol. The molecule has 2 heterocycles. The Labute approximate surface area is 223 Å². The summed E-state index contributed by atoms with van der Waals surface area (Å²) >= 11 is 0. The monoisotopic (exact) mass is 523 g/mol. The number of benzene rings is 2. The molecule has 2 aromatic rings. The van der Waals surface area contributed by atoms with Crippen LogP contribution in [0, 0.1) is 0 Å². The Morgan fingerprint density at radius 3 is 2.18 bits per heavy atom. The van der Waals surface area contributed by atoms with Gasteiger partial charge in [0.25, 0.3) is 0 Å². The van der Waals surface area contributed by atoms with Gasteiger partial charge in [0, 0.05) is 12.6 Å². The predicted octanol–water partition coefficient (Wildman–Crippen LogP) is 3.17. The Balaban J connectivity index is 1.48. The fourth-order valence-electron chi connectivity index (χ4n) is 4.77. The summed E-state index contributed by atoms with van der Waals surface area (Å²) in [7, 11) is 0. The largest absolute Gasteiger partial charge is 0.460 e. The summed E-state index contributed by atoms with van der Waals surface area (Å²) in [5, 5.41) is 6.10. The van der Waals surface area contributed by atoms with Gasteiger partial charge in [-0.05, 0) is 45.2 Å². The van der Waals surface area contributed by atoms with Crippen molar-refractivity contribution in [2.75, 3.05) is 13.1 Å². The summed E-state index contributed by atoms with van der Waals surface area (Å²) in [6.45, 7) is 8.19. The molecule has 38 heavy (non-hydrogen) atoms. The molecule has 1 spiro atoms. The van der Waals surface area contributed by atoms with E-state index in [4.69, 9.17) is 14.2 Å². The van der Waals surface area contributed by atoms with Crippen molar-refractivity contribution in [2.45, 2.75) is 76.7 Å². The first-order chi connectivity index (χ1) is 18.1. The molecule has 4 rings (SSSR count). The molecule has 2 N–H and O–H groups in total. The van der Waals surface area contributed by atoms with Crippen molar-refractivity contribution in [1.29, 1.82) is 0 Å². The summed E-state index contributed by atoms with van der Waals surface area (Å²) in [6.07, 6.45) is -0.736. The lowest BCUT2D eigenvalue weighted by Crippen LogP contribution is -2.71. The SMILES string of the molecule is C[C@@H](OCc1ccccc1)C(NC1CN(C(=O)OC(C)(C)C)C2(CNC2=O)C1)C(=O)OCc1ccccc1. The minimum Gasteiger partial charge on any atom is -0.460 e. The molecule has 0 aliphatic carbocycles. The second kappa shape index (κ2) is 11.5. The highest BCUT2D eigenvalue weighted by Crippen LogP contribution is 2.35. The zero-order valence-electron chi connectivity index (χ0n) is 22.4. The Kier molecular flexibility index (Phi) is 8.38. The van der Waals surface area contributed by atoms with Gasteiger partial charge in [0.15, 0.2) is 0 Å². The average Bonchev–Trinajstić information content (AvgIpc) is 3.30. The van der Waals surface area contributed by atoms with Crippen molar-refractivity contribution in [3.05, 3.63) is 71.8 Å². The van der Waals surface area contributed by atoms with Crippen LogP contribution in [-0.2, 0) is 37.0 Å². The molecule has 0 saturated carbocycles. The standard InChI is InChI=1S/C29H37N3O6/c1-20(36-17-21-11-7-5-8-12-21)24(25(33)37-18-22-13-9-6-10-14-22)31-23-15-29(19-30-26(29)34)32(16-23)27(35)38-28(2,3)4/h5-14,20,23-24,31H,15-19H2,1-4H3,(H,30,34)/t20-,23?,24?,29?/m1/s1. The fourth-order valence-corrected chi connectivity index (χ4v) is 4.77. The third kappa shape index (κ3) is 6.52. The number of hydrogen-bond donors (Lipinski definition) is 2. The number of likely N-dealkylation sites (tertiary alicyclic amines) is 1. The molecule has 0 bridgehead atoms. The summed E-state index contributed by atoms with van der Waals surface area (Å²) in [4.78, 5) is 40.5. The zero-order valence-corrected chi connectivity index (χ0v) is 22.4. The molecule has 9 heteroatoms. The van der Waals surface area contributed by atoms with Crippen LogP contribution >= 0.6 is 0 Å². The van der Waals surface area contributed by atoms with E-state index in [2.05, 4.69) is 10.6 Å². The molecule has 4 atom stereocenters. The molecule has 2 amide bonds. The van der Waals surface area contributed by atoms with E-state index in [1.54, 1.807) is 20.8 Å². The van der Waals surface area contributed by atoms with Crippen LogP contribution in [0.15, 0.2) is 60.7 Å². The number of hydrogen-bond acceptors (Lipinski definition) is 7. The van der Waals surface area contributed by atoms with Crippen LogP contribution in [0.1, 0.15) is 45.2 Å². The summed E-state index contributed by atoms with van der Waals surface area (Å²) < 4.78 is 17.3. The van der Waals surface area contributed by atoms with Crippen LogP contribution in [0.5, 0.6) is 0 Å². The number of nitrogens with one attached hydrogen (secondary N) is 2. The van der Waals surface area contributed by atoms with Crippen LogP contribution in [0.2, 0.25) is 0 Å². The maximum Gasteiger partial charge on any atom is 0.411 e. The topological polar surface area (TPSA) is 106 Å². The van der Waals surface area contributed by atoms with E-state index in [1.807, 2.05) is 67.6 Å². The first-order valence-electron chi connectivity index (χ1n) is 13.0. The first-order valence-corrected chi connectivity index (χ1v) is 13.0. The Bertz CT molecular complexity index is 1120. The van der Waals surface area contributed by atoms with Gasteiger partial charge in [-0.15, -0.1) is 0 Å². The number of esters is 1. The molecule has 2 aromatic carbocycles. The number of nitrogens with zero attached hydrogens (tertiary/aromatic N) is 1. The highest BCUT2D eigenvalue weighted by atomic mass is 16.6. The summed E-state index contributed by atoms with van der Waals surface area (Å²) in [5.41, 5.74) is 0.164. The van der Waals surface area contributed by atoms with Crippen molar-refractivity contribution in [1.82, 2.24) is 15.5 Å². The van der Waals surface area contributed by atoms with Gasteiger partial charge in [0.05, 0.1) is 19.3 Å². The van der Waals surface area contributed by atoms with Crippen molar-refractivity contribution in [2.24, 2.45) is 0 Å². The lowest BCUT2D eigenvalue weighted by atomic mass is 9.87. The second-order valence-electron chi connectivity index (χ2n) is 10.9. The number of carbonyl (C=O) groups excluding carboxylic acids is 3. The molecular formula is C29H37N3O6. The number of ether oxygens (including phenoxy) is 3. The van der Waals surface area contributed by atoms with E-state index in [0.717, 1.165) is 11.1 Å². The molecule has 9 nitrogen and oxygen atoms in total. The number of β-lactam (4-membered cyclic amide) rings is 1. The Hall–Kier alpha value is -3.43. The van der Waals surface area contributed by atoms with E-state index < -0.39 is 35.3 Å². The van der Waals surface area contributed by atoms with E-state index in [1.165, 1.54) is 4.90 Å². The average molecular weight is 524 g/mol. The molecule has 2 aliphatic rings. The smallest absolute Gasteiger partial charge is 0.411 e. The quantitative estimate of drug-likeness (QED) is 0.384. The summed E-state index contributed by atoms with van der Waals surface area (Å²) in [6, 6.07) is 18.0. The number of amides is 2. The van der Waals surface area contributed by atoms with E-state index in [0.29, 0.717) is 19.6 Å². The number of carbonyl (C=O) groups is 3. The Morgan fingerprint density at radius 1 is 1.05 bits per heavy atom. The highest BCUT2D eigenvalue weighted by Gasteiger charge is 2.59. The van der Waals surface area contributed by atoms with Gasteiger partial charge in [-0.25, -0.2) is 4.79 Å². The molecule has 204 valence electrons. The molecule has 0 radical (unpaired) electrons. The molecule has 2 aliphatic heterocycles. The van der Waals surface area contributed by atoms with Gasteiger partial charge in [0.2, 0.25) is 5.91 Å². The van der Waals surface area contributed by atoms with Crippen LogP contribution in [0.4, 0.5) is 4.79 Å². The van der Waals surface area contributed by atoms with Crippen molar-refractivity contribution in [3.63, 3.8) is 0 Å². The molecule has 3 unspecified atom stereocenters. The van der Waals surface area contributed by atoms with Gasteiger partial charge in [-0.1, -0.05) is 60.7 Å². The van der Waals surface area contributed by atoms with Gasteiger partial charge in [0.1, 0.15) is 23.8 Å². The van der Waals surface area contributed by atoms with Crippen LogP contribution in [-0.4, -0.2) is 65.3 Å². The lowest BCUT2D eigenvalue weighted by Gasteiger charge is -2.44. The third-order valence-electron chi connectivity index (χ3n) is 6.80. The van der Waals surface area contributed by atoms with Gasteiger partial charge >= 0.3 is 12.1 Å². The van der Waals surface area contributed by atoms with Crippen LogP contribution in [0.3, 0.4) is 0 Å². The number of rotatable bonds is 9. The first kappa shape index (κ1) is 27.6. The van der Waals surface area contributed by atoms with Gasteiger partial charge < -0.3 is 19.5 Å². The van der Waals surface area contributed by atoms with Crippen molar-refractivity contribution in [3.8, 4) is 0 Å². The second-order valence-corrected chi connectivity index (χ2v) is 10.9. The highest BCUT2D eigenvalue weighted by molar-refractivity contribution is 5.96. The zero-order chi connectivity index (χ0) is 27.3. The van der Waals surface area contributed by atoms with Crippen molar-refractivity contribution < 1.29 is 28.6 Å². The molecule has 2 fully saturated rings.